The first-order valence-corrected chi connectivity index (χ1v) is 13.6. The molecular formula is C23H20ClN5O5S2. The minimum absolute atomic E-state index is 0.102. The van der Waals surface area contributed by atoms with E-state index in [0.29, 0.717) is 10.8 Å². The summed E-state index contributed by atoms with van der Waals surface area (Å²) in [5.74, 6) is -0.119. The first-order valence-electron chi connectivity index (χ1n) is 10.9. The summed E-state index contributed by atoms with van der Waals surface area (Å²) in [6.45, 7) is 1.93. The summed E-state index contributed by atoms with van der Waals surface area (Å²) in [6, 6.07) is 11.6. The van der Waals surface area contributed by atoms with Crippen LogP contribution >= 0.6 is 22.9 Å². The lowest BCUT2D eigenvalue weighted by Gasteiger charge is -2.18. The van der Waals surface area contributed by atoms with Crippen molar-refractivity contribution in [2.24, 2.45) is 0 Å². The summed E-state index contributed by atoms with van der Waals surface area (Å²) in [7, 11) is -4.08. The number of halogens is 1. The summed E-state index contributed by atoms with van der Waals surface area (Å²) in [5.41, 5.74) is 0.719. The number of carbonyl (C=O) groups is 1. The Balaban J connectivity index is 1.35. The van der Waals surface area contributed by atoms with E-state index in [2.05, 4.69) is 15.2 Å². The number of amides is 2. The van der Waals surface area contributed by atoms with Crippen molar-refractivity contribution in [1.29, 1.82) is 0 Å². The van der Waals surface area contributed by atoms with E-state index in [0.717, 1.165) is 47.5 Å². The van der Waals surface area contributed by atoms with Crippen molar-refractivity contribution < 1.29 is 18.3 Å². The Kier molecular flexibility index (Phi) is 6.33. The van der Waals surface area contributed by atoms with E-state index in [1.807, 2.05) is 16.9 Å². The molecule has 0 bridgehead atoms. The SMILES string of the molecule is O=C(Nc1ccc(-n2c(O)c3ccc(N4CCCC4)cc3cc2=O)nc1)NS(=O)(=O)c1ccc(Cl)s1. The van der Waals surface area contributed by atoms with Gasteiger partial charge >= 0.3 is 6.03 Å². The summed E-state index contributed by atoms with van der Waals surface area (Å²) in [5, 5.41) is 14.3. The number of fused-ring (bicyclic) bond motifs is 1. The summed E-state index contributed by atoms with van der Waals surface area (Å²) in [6.07, 6.45) is 3.50. The van der Waals surface area contributed by atoms with Crippen LogP contribution in [0.1, 0.15) is 12.8 Å². The molecule has 4 heterocycles. The van der Waals surface area contributed by atoms with Crippen molar-refractivity contribution in [3.63, 3.8) is 0 Å². The molecule has 1 saturated heterocycles. The molecule has 0 aliphatic carbocycles. The normalized spacial score (nSPS) is 13.8. The van der Waals surface area contributed by atoms with E-state index in [-0.39, 0.29) is 25.9 Å². The Labute approximate surface area is 214 Å². The molecule has 0 saturated carbocycles. The average Bonchev–Trinajstić information content (AvgIpc) is 3.52. The molecule has 5 rings (SSSR count). The van der Waals surface area contributed by atoms with E-state index in [1.54, 1.807) is 6.07 Å². The van der Waals surface area contributed by atoms with Gasteiger partial charge in [0.05, 0.1) is 16.2 Å². The number of hydrogen-bond acceptors (Lipinski definition) is 8. The molecule has 3 aromatic heterocycles. The number of hydrogen-bond donors (Lipinski definition) is 3. The quantitative estimate of drug-likeness (QED) is 0.346. The van der Waals surface area contributed by atoms with Gasteiger partial charge in [-0.05, 0) is 60.7 Å². The number of aromatic nitrogens is 2. The lowest BCUT2D eigenvalue weighted by atomic mass is 10.1. The summed E-state index contributed by atoms with van der Waals surface area (Å²) in [4.78, 5) is 31.4. The fourth-order valence-corrected chi connectivity index (χ4v) is 6.44. The number of thiophene rings is 1. The lowest BCUT2D eigenvalue weighted by Crippen LogP contribution is -2.34. The number of carbonyl (C=O) groups excluding carboxylic acids is 1. The molecule has 0 radical (unpaired) electrons. The molecule has 1 fully saturated rings. The van der Waals surface area contributed by atoms with Crippen LogP contribution in [0.2, 0.25) is 4.34 Å². The molecule has 13 heteroatoms. The molecule has 186 valence electrons. The zero-order valence-corrected chi connectivity index (χ0v) is 21.0. The monoisotopic (exact) mass is 545 g/mol. The van der Waals surface area contributed by atoms with Crippen LogP contribution in [0.15, 0.2) is 63.7 Å². The summed E-state index contributed by atoms with van der Waals surface area (Å²) >= 11 is 6.58. The fraction of sp³-hybridized carbons (Fsp3) is 0.174. The van der Waals surface area contributed by atoms with Gasteiger partial charge < -0.3 is 15.3 Å². The van der Waals surface area contributed by atoms with Crippen LogP contribution in [0, 0.1) is 0 Å². The van der Waals surface area contributed by atoms with Crippen molar-refractivity contribution in [2.75, 3.05) is 23.3 Å². The molecule has 2 amide bonds. The number of nitrogens with zero attached hydrogens (tertiary/aromatic N) is 3. The molecule has 0 spiro atoms. The Morgan fingerprint density at radius 1 is 1.08 bits per heavy atom. The molecular weight excluding hydrogens is 526 g/mol. The number of pyridine rings is 2. The smallest absolute Gasteiger partial charge is 0.333 e. The number of urea groups is 1. The molecule has 1 aromatic carbocycles. The lowest BCUT2D eigenvalue weighted by molar-refractivity contribution is 0.256. The van der Waals surface area contributed by atoms with E-state index < -0.39 is 21.6 Å². The van der Waals surface area contributed by atoms with Crippen LogP contribution < -0.4 is 20.5 Å². The first-order chi connectivity index (χ1) is 17.2. The van der Waals surface area contributed by atoms with E-state index >= 15 is 0 Å². The molecule has 0 atom stereocenters. The van der Waals surface area contributed by atoms with Crippen molar-refractivity contribution in [2.45, 2.75) is 17.1 Å². The Morgan fingerprint density at radius 3 is 2.53 bits per heavy atom. The Morgan fingerprint density at radius 2 is 1.86 bits per heavy atom. The van der Waals surface area contributed by atoms with Crippen molar-refractivity contribution in [3.05, 3.63) is 69.4 Å². The highest BCUT2D eigenvalue weighted by atomic mass is 35.5. The van der Waals surface area contributed by atoms with Gasteiger partial charge in [0.15, 0.2) is 0 Å². The minimum Gasteiger partial charge on any atom is -0.494 e. The summed E-state index contributed by atoms with van der Waals surface area (Å²) < 4.78 is 27.6. The minimum atomic E-state index is -4.08. The van der Waals surface area contributed by atoms with Gasteiger partial charge in [-0.3, -0.25) is 4.79 Å². The molecule has 4 aromatic rings. The van der Waals surface area contributed by atoms with Crippen LogP contribution in [0.3, 0.4) is 0 Å². The largest absolute Gasteiger partial charge is 0.494 e. The van der Waals surface area contributed by atoms with Gasteiger partial charge in [-0.25, -0.2) is 27.5 Å². The number of anilines is 2. The van der Waals surface area contributed by atoms with Crippen LogP contribution in [0.25, 0.3) is 16.6 Å². The highest BCUT2D eigenvalue weighted by molar-refractivity contribution is 7.92. The number of rotatable bonds is 5. The van der Waals surface area contributed by atoms with E-state index in [9.17, 15) is 23.1 Å². The third kappa shape index (κ3) is 4.74. The number of sulfonamides is 1. The third-order valence-corrected chi connectivity index (χ3v) is 8.79. The molecule has 0 unspecified atom stereocenters. The maximum Gasteiger partial charge on any atom is 0.333 e. The second kappa shape index (κ2) is 9.45. The predicted molar refractivity (Wildman–Crippen MR) is 139 cm³/mol. The zero-order chi connectivity index (χ0) is 25.4. The maximum atomic E-state index is 12.8. The molecule has 1 aliphatic heterocycles. The number of aromatic hydroxyl groups is 1. The van der Waals surface area contributed by atoms with Crippen LogP contribution in [-0.4, -0.2) is 42.2 Å². The zero-order valence-electron chi connectivity index (χ0n) is 18.6. The third-order valence-electron chi connectivity index (χ3n) is 5.73. The molecule has 3 N–H and O–H groups in total. The van der Waals surface area contributed by atoms with Crippen molar-refractivity contribution >= 4 is 61.1 Å². The number of benzene rings is 1. The van der Waals surface area contributed by atoms with Crippen LogP contribution in [-0.2, 0) is 10.0 Å². The second-order valence-electron chi connectivity index (χ2n) is 8.13. The second-order valence-corrected chi connectivity index (χ2v) is 11.8. The first kappa shape index (κ1) is 24.1. The van der Waals surface area contributed by atoms with Crippen molar-refractivity contribution in [3.8, 4) is 11.7 Å². The fourth-order valence-electron chi connectivity index (χ4n) is 4.05. The van der Waals surface area contributed by atoms with Gasteiger partial charge in [0.1, 0.15) is 10.0 Å². The van der Waals surface area contributed by atoms with Gasteiger partial charge in [-0.1, -0.05) is 11.6 Å². The van der Waals surface area contributed by atoms with Gasteiger partial charge in [0, 0.05) is 30.2 Å². The topological polar surface area (TPSA) is 134 Å². The maximum absolute atomic E-state index is 12.8. The van der Waals surface area contributed by atoms with Gasteiger partial charge in [-0.15, -0.1) is 11.3 Å². The molecule has 36 heavy (non-hydrogen) atoms. The van der Waals surface area contributed by atoms with E-state index in [1.165, 1.54) is 36.5 Å². The van der Waals surface area contributed by atoms with Gasteiger partial charge in [0.25, 0.3) is 15.6 Å². The Hall–Kier alpha value is -3.61. The van der Waals surface area contributed by atoms with Gasteiger partial charge in [0.2, 0.25) is 5.88 Å². The standard InChI is InChI=1S/C23H20ClN5O5S2/c24-18-6-8-21(35-18)36(33,34)27-23(32)26-15-3-7-19(25-13-15)29-20(30)12-14-11-16(28-9-1-2-10-28)4-5-17(14)22(29)31/h3-8,11-13,31H,1-2,9-10H2,(H2,26,27,32). The number of nitrogens with one attached hydrogen (secondary N) is 2. The highest BCUT2D eigenvalue weighted by Crippen LogP contribution is 2.30. The highest BCUT2D eigenvalue weighted by Gasteiger charge is 2.20. The van der Waals surface area contributed by atoms with Crippen LogP contribution in [0.5, 0.6) is 5.88 Å². The van der Waals surface area contributed by atoms with Crippen LogP contribution in [0.4, 0.5) is 16.2 Å². The predicted octanol–water partition coefficient (Wildman–Crippen LogP) is 3.92. The van der Waals surface area contributed by atoms with E-state index in [4.69, 9.17) is 11.6 Å². The molecule has 1 aliphatic rings. The average molecular weight is 546 g/mol. The Bertz CT molecular complexity index is 1630. The van der Waals surface area contributed by atoms with Crippen molar-refractivity contribution in [1.82, 2.24) is 14.3 Å². The molecule has 10 nitrogen and oxygen atoms in total. The van der Waals surface area contributed by atoms with Gasteiger partial charge in [-0.2, -0.15) is 0 Å².